The first-order valence-corrected chi connectivity index (χ1v) is 9.32. The number of pyridine rings is 1. The number of rotatable bonds is 7. The van der Waals surface area contributed by atoms with Crippen LogP contribution in [0.15, 0.2) is 43.0 Å². The normalized spacial score (nSPS) is 15.2. The summed E-state index contributed by atoms with van der Waals surface area (Å²) in [5.41, 5.74) is 7.67. The molecular weight excluding hydrogens is 461 g/mol. The van der Waals surface area contributed by atoms with Gasteiger partial charge in [-0.15, -0.1) is 0 Å². The van der Waals surface area contributed by atoms with Crippen molar-refractivity contribution >= 4 is 17.4 Å². The van der Waals surface area contributed by atoms with Gasteiger partial charge in [0.05, 0.1) is 30.1 Å². The van der Waals surface area contributed by atoms with E-state index in [1.807, 2.05) is 6.92 Å². The minimum Gasteiger partial charge on any atom is -0.705 e. The van der Waals surface area contributed by atoms with E-state index in [0.29, 0.717) is 50.1 Å². The van der Waals surface area contributed by atoms with Gasteiger partial charge in [-0.2, -0.15) is 6.20 Å². The Morgan fingerprint density at radius 1 is 1.37 bits per heavy atom. The van der Waals surface area contributed by atoms with Crippen molar-refractivity contribution in [1.29, 1.82) is 5.41 Å². The maximum absolute atomic E-state index is 13.0. The molecule has 30 heavy (non-hydrogen) atoms. The maximum Gasteiger partial charge on any atom is 0.237 e. The third-order valence-corrected chi connectivity index (χ3v) is 4.75. The molecule has 0 saturated carbocycles. The smallest absolute Gasteiger partial charge is 0.237 e. The van der Waals surface area contributed by atoms with Crippen LogP contribution in [0.1, 0.15) is 21.2 Å². The number of nitrogens with one attached hydrogen (secondary N) is 3. The quantitative estimate of drug-likeness (QED) is 0.576. The Morgan fingerprint density at radius 2 is 2.13 bits per heavy atom. The molecule has 9 nitrogen and oxygen atoms in total. The van der Waals surface area contributed by atoms with Crippen LogP contribution in [0.5, 0.6) is 5.88 Å². The minimum absolute atomic E-state index is 0. The van der Waals surface area contributed by atoms with Crippen LogP contribution in [0.25, 0.3) is 17.0 Å². The van der Waals surface area contributed by atoms with Crippen LogP contribution in [0.2, 0.25) is 0 Å². The van der Waals surface area contributed by atoms with Gasteiger partial charge in [0.15, 0.2) is 0 Å². The Morgan fingerprint density at radius 3 is 2.77 bits per heavy atom. The summed E-state index contributed by atoms with van der Waals surface area (Å²) in [5.74, 6) is 0.494. The minimum atomic E-state index is -1.02. The average molecular weight is 486 g/mol. The van der Waals surface area contributed by atoms with Gasteiger partial charge in [-0.05, 0) is 31.9 Å². The van der Waals surface area contributed by atoms with Crippen molar-refractivity contribution < 1.29 is 48.4 Å². The second-order valence-electron chi connectivity index (χ2n) is 6.50. The standard InChI is InChI=1S/C20H24N6O3.Y.H2/c1-2-29-18-13-23-12-15(25-18)14-3-4-17(24-11-14)26-19(27)20(16(22)5-8-21)6-9-28-10-7-20;;/h3-5,8,11-13H,2,6-7,9-10H2,1H3,(H4,21,22,24,25,26,27);;1H/p-1. The van der Waals surface area contributed by atoms with E-state index >= 15 is 0 Å². The number of hydrogen-bond donors (Lipinski definition) is 2. The van der Waals surface area contributed by atoms with Gasteiger partial charge in [0.25, 0.3) is 0 Å². The number of carbonyl (C=O) groups excluding carboxylic acids is 1. The first-order chi connectivity index (χ1) is 14.1. The monoisotopic (exact) mass is 486 g/mol. The number of aromatic nitrogens is 3. The van der Waals surface area contributed by atoms with Crippen LogP contribution >= 0.6 is 0 Å². The fourth-order valence-electron chi connectivity index (χ4n) is 3.14. The number of ether oxygens (including phenoxy) is 2. The molecule has 1 aliphatic heterocycles. The number of nitrogens with zero attached hydrogens (tertiary/aromatic N) is 3. The van der Waals surface area contributed by atoms with E-state index in [1.165, 1.54) is 6.08 Å². The van der Waals surface area contributed by atoms with E-state index in [9.17, 15) is 4.79 Å². The van der Waals surface area contributed by atoms with Crippen molar-refractivity contribution in [2.75, 3.05) is 25.1 Å². The van der Waals surface area contributed by atoms with Crippen molar-refractivity contribution in [2.45, 2.75) is 19.8 Å². The van der Waals surface area contributed by atoms with Crippen LogP contribution in [0.4, 0.5) is 5.82 Å². The van der Waals surface area contributed by atoms with Crippen LogP contribution < -0.4 is 10.1 Å². The Bertz CT molecular complexity index is 904. The zero-order valence-electron chi connectivity index (χ0n) is 16.7. The van der Waals surface area contributed by atoms with Crippen molar-refractivity contribution in [3.63, 3.8) is 0 Å². The molecule has 157 valence electrons. The van der Waals surface area contributed by atoms with E-state index < -0.39 is 5.41 Å². The SMILES string of the molecule is CCOc1cncc(-c2ccc(NC(=O)C3(C(=N)/C=C\[NH-])CCOCC3)nc2)n1.[HH].[Y]. The van der Waals surface area contributed by atoms with Crippen LogP contribution in [0.3, 0.4) is 0 Å². The van der Waals surface area contributed by atoms with Gasteiger partial charge < -0.3 is 25.9 Å². The first kappa shape index (κ1) is 24.0. The van der Waals surface area contributed by atoms with Gasteiger partial charge in [0.1, 0.15) is 5.82 Å². The summed E-state index contributed by atoms with van der Waals surface area (Å²) in [6.45, 7) is 3.16. The van der Waals surface area contributed by atoms with Crippen LogP contribution in [-0.4, -0.2) is 46.4 Å². The predicted octanol–water partition coefficient (Wildman–Crippen LogP) is 3.50. The molecule has 0 unspecified atom stereocenters. The summed E-state index contributed by atoms with van der Waals surface area (Å²) < 4.78 is 10.7. The summed E-state index contributed by atoms with van der Waals surface area (Å²) in [6.07, 6.45) is 7.90. The van der Waals surface area contributed by atoms with E-state index in [2.05, 4.69) is 20.3 Å². The van der Waals surface area contributed by atoms with E-state index in [4.69, 9.17) is 20.6 Å². The van der Waals surface area contributed by atoms with Gasteiger partial charge in [-0.1, -0.05) is 6.08 Å². The van der Waals surface area contributed by atoms with E-state index in [-0.39, 0.29) is 45.8 Å². The first-order valence-electron chi connectivity index (χ1n) is 9.32. The van der Waals surface area contributed by atoms with Gasteiger partial charge in [-0.25, -0.2) is 9.97 Å². The van der Waals surface area contributed by atoms with E-state index in [1.54, 1.807) is 30.7 Å². The van der Waals surface area contributed by atoms with Crippen LogP contribution in [-0.2, 0) is 42.2 Å². The molecule has 0 bridgehead atoms. The zero-order valence-corrected chi connectivity index (χ0v) is 19.6. The molecule has 1 radical (unpaired) electrons. The van der Waals surface area contributed by atoms with Gasteiger partial charge in [-0.3, -0.25) is 9.78 Å². The number of amides is 1. The molecule has 0 aromatic carbocycles. The third kappa shape index (κ3) is 5.47. The second kappa shape index (κ2) is 11.2. The molecule has 1 amide bonds. The third-order valence-electron chi connectivity index (χ3n) is 4.75. The maximum atomic E-state index is 13.0. The molecule has 3 rings (SSSR count). The molecule has 1 aliphatic rings. The summed E-state index contributed by atoms with van der Waals surface area (Å²) in [5, 5.41) is 11.1. The summed E-state index contributed by atoms with van der Waals surface area (Å²) in [6, 6.07) is 3.47. The Balaban J connectivity index is 0.00000240. The van der Waals surface area contributed by atoms with Crippen molar-refractivity contribution in [3.8, 4) is 17.1 Å². The molecule has 1 fully saturated rings. The van der Waals surface area contributed by atoms with Crippen LogP contribution in [0, 0.1) is 10.8 Å². The molecule has 10 heteroatoms. The van der Waals surface area contributed by atoms with Crippen molar-refractivity contribution in [3.05, 3.63) is 48.7 Å². The van der Waals surface area contributed by atoms with Crippen molar-refractivity contribution in [1.82, 2.24) is 15.0 Å². The Kier molecular flexibility index (Phi) is 9.01. The largest absolute Gasteiger partial charge is 0.705 e. The molecule has 2 aromatic rings. The zero-order chi connectivity index (χ0) is 20.7. The number of anilines is 1. The Hall–Kier alpha value is -2.23. The average Bonchev–Trinajstić information content (AvgIpc) is 2.75. The molecule has 0 spiro atoms. The van der Waals surface area contributed by atoms with Gasteiger partial charge in [0.2, 0.25) is 11.8 Å². The summed E-state index contributed by atoms with van der Waals surface area (Å²) >= 11 is 0. The van der Waals surface area contributed by atoms with Gasteiger partial charge in [0, 0.05) is 64.8 Å². The molecule has 0 atom stereocenters. The molecule has 3 heterocycles. The van der Waals surface area contributed by atoms with Crippen molar-refractivity contribution in [2.24, 2.45) is 5.41 Å². The number of hydrogen-bond acceptors (Lipinski definition) is 7. The summed E-state index contributed by atoms with van der Waals surface area (Å²) in [7, 11) is 0. The molecule has 1 saturated heterocycles. The van der Waals surface area contributed by atoms with Gasteiger partial charge >= 0.3 is 0 Å². The molecule has 3 N–H and O–H groups in total. The molecule has 0 aliphatic carbocycles. The van der Waals surface area contributed by atoms with E-state index in [0.717, 1.165) is 11.8 Å². The summed E-state index contributed by atoms with van der Waals surface area (Å²) in [4.78, 5) is 25.8. The predicted molar refractivity (Wildman–Crippen MR) is 111 cm³/mol. The number of allylic oxidation sites excluding steroid dienone is 1. The second-order valence-corrected chi connectivity index (χ2v) is 6.50. The fourth-order valence-corrected chi connectivity index (χ4v) is 3.14. The molecule has 2 aromatic heterocycles. The topological polar surface area (TPSA) is 134 Å². The Labute approximate surface area is 201 Å². The molecular formula is C20H25N6O3Y-. The fraction of sp³-hybridized carbons (Fsp3) is 0.350. The number of carbonyl (C=O) groups is 1.